The molecule has 0 heterocycles. The highest BCUT2D eigenvalue weighted by atomic mass is 14.8. The Labute approximate surface area is 76.2 Å². The SMILES string of the molecule is CC(C)CNCCC1=CCCC1. The first-order chi connectivity index (χ1) is 5.79. The molecule has 1 heteroatoms. The van der Waals surface area contributed by atoms with Crippen LogP contribution in [0.25, 0.3) is 0 Å². The average Bonchev–Trinajstić information content (AvgIpc) is 2.49. The molecule has 70 valence electrons. The number of allylic oxidation sites excluding steroid dienone is 1. The van der Waals surface area contributed by atoms with Crippen LogP contribution >= 0.6 is 0 Å². The predicted octanol–water partition coefficient (Wildman–Crippen LogP) is 2.73. The highest BCUT2D eigenvalue weighted by Crippen LogP contribution is 2.19. The Balaban J connectivity index is 1.95. The largest absolute Gasteiger partial charge is 0.316 e. The number of nitrogens with one attached hydrogen (secondary N) is 1. The molecular formula is C11H21N. The van der Waals surface area contributed by atoms with E-state index in [0.717, 1.165) is 12.5 Å². The zero-order valence-electron chi connectivity index (χ0n) is 8.40. The Kier molecular flexibility index (Phi) is 4.37. The molecule has 0 amide bonds. The third-order valence-electron chi connectivity index (χ3n) is 2.31. The molecule has 0 aromatic heterocycles. The quantitative estimate of drug-likeness (QED) is 0.490. The van der Waals surface area contributed by atoms with Crippen molar-refractivity contribution in [2.45, 2.75) is 39.5 Å². The van der Waals surface area contributed by atoms with Gasteiger partial charge in [0.25, 0.3) is 0 Å². The molecule has 0 unspecified atom stereocenters. The van der Waals surface area contributed by atoms with Crippen molar-refractivity contribution in [2.75, 3.05) is 13.1 Å². The van der Waals surface area contributed by atoms with Gasteiger partial charge in [-0.3, -0.25) is 0 Å². The van der Waals surface area contributed by atoms with Crippen LogP contribution in [-0.4, -0.2) is 13.1 Å². The van der Waals surface area contributed by atoms with Crippen molar-refractivity contribution in [2.24, 2.45) is 5.92 Å². The van der Waals surface area contributed by atoms with Crippen LogP contribution in [-0.2, 0) is 0 Å². The summed E-state index contributed by atoms with van der Waals surface area (Å²) >= 11 is 0. The van der Waals surface area contributed by atoms with Crippen molar-refractivity contribution in [1.29, 1.82) is 0 Å². The minimum Gasteiger partial charge on any atom is -0.316 e. The summed E-state index contributed by atoms with van der Waals surface area (Å²) in [4.78, 5) is 0. The maximum atomic E-state index is 3.47. The summed E-state index contributed by atoms with van der Waals surface area (Å²) in [6.45, 7) is 6.83. The molecule has 1 nitrogen and oxygen atoms in total. The van der Waals surface area contributed by atoms with E-state index in [1.165, 1.54) is 32.2 Å². The van der Waals surface area contributed by atoms with Gasteiger partial charge < -0.3 is 5.32 Å². The predicted molar refractivity (Wildman–Crippen MR) is 54.3 cm³/mol. The second-order valence-electron chi connectivity index (χ2n) is 4.10. The molecule has 1 N–H and O–H groups in total. The average molecular weight is 167 g/mol. The molecule has 1 aliphatic rings. The molecule has 0 fully saturated rings. The Bertz CT molecular complexity index is 147. The second-order valence-corrected chi connectivity index (χ2v) is 4.10. The number of hydrogen-bond acceptors (Lipinski definition) is 1. The molecule has 0 saturated carbocycles. The summed E-state index contributed by atoms with van der Waals surface area (Å²) in [5, 5.41) is 3.47. The van der Waals surface area contributed by atoms with Crippen molar-refractivity contribution in [3.8, 4) is 0 Å². The number of hydrogen-bond donors (Lipinski definition) is 1. The van der Waals surface area contributed by atoms with Crippen molar-refractivity contribution in [3.63, 3.8) is 0 Å². The van der Waals surface area contributed by atoms with Crippen LogP contribution in [0.1, 0.15) is 39.5 Å². The van der Waals surface area contributed by atoms with Gasteiger partial charge in [-0.05, 0) is 44.7 Å². The molecule has 0 aliphatic heterocycles. The highest BCUT2D eigenvalue weighted by molar-refractivity contribution is 5.07. The van der Waals surface area contributed by atoms with E-state index in [2.05, 4.69) is 25.2 Å². The molecule has 0 radical (unpaired) electrons. The van der Waals surface area contributed by atoms with E-state index >= 15 is 0 Å². The van der Waals surface area contributed by atoms with Crippen LogP contribution in [0.15, 0.2) is 11.6 Å². The fraction of sp³-hybridized carbons (Fsp3) is 0.818. The minimum absolute atomic E-state index is 0.780. The van der Waals surface area contributed by atoms with Crippen LogP contribution in [0, 0.1) is 5.92 Å². The van der Waals surface area contributed by atoms with Gasteiger partial charge in [-0.25, -0.2) is 0 Å². The highest BCUT2D eigenvalue weighted by Gasteiger charge is 2.03. The van der Waals surface area contributed by atoms with Gasteiger partial charge in [0.2, 0.25) is 0 Å². The van der Waals surface area contributed by atoms with E-state index in [0.29, 0.717) is 0 Å². The monoisotopic (exact) mass is 167 g/mol. The Morgan fingerprint density at radius 3 is 2.92 bits per heavy atom. The summed E-state index contributed by atoms with van der Waals surface area (Å²) in [5.41, 5.74) is 1.67. The number of rotatable bonds is 5. The second kappa shape index (κ2) is 5.36. The maximum Gasteiger partial charge on any atom is -0.00115 e. The summed E-state index contributed by atoms with van der Waals surface area (Å²) in [5.74, 6) is 0.780. The van der Waals surface area contributed by atoms with Crippen molar-refractivity contribution >= 4 is 0 Å². The fourth-order valence-corrected chi connectivity index (χ4v) is 1.60. The molecule has 0 aromatic rings. The molecule has 0 spiro atoms. The van der Waals surface area contributed by atoms with Gasteiger partial charge in [-0.2, -0.15) is 0 Å². The van der Waals surface area contributed by atoms with Gasteiger partial charge in [-0.15, -0.1) is 0 Å². The lowest BCUT2D eigenvalue weighted by Gasteiger charge is -2.07. The molecule has 0 saturated heterocycles. The van der Waals surface area contributed by atoms with E-state index in [1.807, 2.05) is 0 Å². The molecule has 12 heavy (non-hydrogen) atoms. The first-order valence-electron chi connectivity index (χ1n) is 5.17. The van der Waals surface area contributed by atoms with Crippen molar-refractivity contribution in [1.82, 2.24) is 5.32 Å². The lowest BCUT2D eigenvalue weighted by Crippen LogP contribution is -2.20. The standard InChI is InChI=1S/C11H21N/c1-10(2)9-12-8-7-11-5-3-4-6-11/h5,10,12H,3-4,6-9H2,1-2H3. The molecule has 0 aromatic carbocycles. The zero-order chi connectivity index (χ0) is 8.81. The first kappa shape index (κ1) is 9.79. The summed E-state index contributed by atoms with van der Waals surface area (Å²) in [6, 6.07) is 0. The van der Waals surface area contributed by atoms with Gasteiger partial charge in [0, 0.05) is 0 Å². The lowest BCUT2D eigenvalue weighted by molar-refractivity contribution is 0.552. The van der Waals surface area contributed by atoms with Gasteiger partial charge in [-0.1, -0.05) is 25.5 Å². The van der Waals surface area contributed by atoms with Gasteiger partial charge in [0.05, 0.1) is 0 Å². The zero-order valence-corrected chi connectivity index (χ0v) is 8.40. The van der Waals surface area contributed by atoms with Crippen LogP contribution in [0.3, 0.4) is 0 Å². The smallest absolute Gasteiger partial charge is 0.00115 e. The fourth-order valence-electron chi connectivity index (χ4n) is 1.60. The molecule has 0 bridgehead atoms. The van der Waals surface area contributed by atoms with E-state index in [-0.39, 0.29) is 0 Å². The van der Waals surface area contributed by atoms with Crippen molar-refractivity contribution in [3.05, 3.63) is 11.6 Å². The van der Waals surface area contributed by atoms with Crippen LogP contribution in [0.4, 0.5) is 0 Å². The third kappa shape index (κ3) is 3.91. The van der Waals surface area contributed by atoms with Crippen LogP contribution in [0.5, 0.6) is 0 Å². The molecule has 1 rings (SSSR count). The summed E-state index contributed by atoms with van der Waals surface area (Å²) in [6.07, 6.45) is 7.74. The lowest BCUT2D eigenvalue weighted by atomic mass is 10.1. The Hall–Kier alpha value is -0.300. The Morgan fingerprint density at radius 1 is 1.50 bits per heavy atom. The van der Waals surface area contributed by atoms with Gasteiger partial charge in [0.15, 0.2) is 0 Å². The molecule has 1 aliphatic carbocycles. The van der Waals surface area contributed by atoms with Gasteiger partial charge >= 0.3 is 0 Å². The molecule has 0 atom stereocenters. The van der Waals surface area contributed by atoms with Gasteiger partial charge in [0.1, 0.15) is 0 Å². The van der Waals surface area contributed by atoms with Crippen LogP contribution < -0.4 is 5.32 Å². The summed E-state index contributed by atoms with van der Waals surface area (Å²) < 4.78 is 0. The third-order valence-corrected chi connectivity index (χ3v) is 2.31. The first-order valence-corrected chi connectivity index (χ1v) is 5.17. The Morgan fingerprint density at radius 2 is 2.33 bits per heavy atom. The van der Waals surface area contributed by atoms with E-state index < -0.39 is 0 Å². The van der Waals surface area contributed by atoms with E-state index in [9.17, 15) is 0 Å². The normalized spacial score (nSPS) is 17.1. The van der Waals surface area contributed by atoms with Crippen LogP contribution in [0.2, 0.25) is 0 Å². The maximum absolute atomic E-state index is 3.47. The van der Waals surface area contributed by atoms with E-state index in [4.69, 9.17) is 0 Å². The topological polar surface area (TPSA) is 12.0 Å². The minimum atomic E-state index is 0.780. The van der Waals surface area contributed by atoms with Crippen molar-refractivity contribution < 1.29 is 0 Å². The summed E-state index contributed by atoms with van der Waals surface area (Å²) in [7, 11) is 0. The molecular weight excluding hydrogens is 146 g/mol. The van der Waals surface area contributed by atoms with E-state index in [1.54, 1.807) is 5.57 Å².